The molecule has 0 saturated heterocycles. The maximum absolute atomic E-state index is 13.1. The minimum absolute atomic E-state index is 0.204. The molecule has 3 heteroatoms. The molecule has 0 bridgehead atoms. The lowest BCUT2D eigenvalue weighted by Gasteiger charge is -2.22. The van der Waals surface area contributed by atoms with Gasteiger partial charge in [-0.2, -0.15) is 0 Å². The van der Waals surface area contributed by atoms with Gasteiger partial charge in [-0.25, -0.2) is 4.39 Å². The van der Waals surface area contributed by atoms with Crippen LogP contribution in [0.25, 0.3) is 0 Å². The normalized spacial score (nSPS) is 17.1. The first-order valence-corrected chi connectivity index (χ1v) is 7.39. The van der Waals surface area contributed by atoms with E-state index in [-0.39, 0.29) is 5.82 Å². The maximum atomic E-state index is 13.1. The Morgan fingerprint density at radius 1 is 1.24 bits per heavy atom. The van der Waals surface area contributed by atoms with Crippen LogP contribution in [0.1, 0.15) is 37.7 Å². The number of ether oxygens (including phenoxy) is 1. The third kappa shape index (κ3) is 3.70. The van der Waals surface area contributed by atoms with E-state index in [1.165, 1.54) is 44.2 Å². The van der Waals surface area contributed by atoms with E-state index in [1.54, 1.807) is 6.07 Å². The third-order valence-electron chi connectivity index (χ3n) is 3.37. The molecule has 94 valence electrons. The van der Waals surface area contributed by atoms with Crippen LogP contribution in [0, 0.1) is 11.7 Å². The molecule has 1 aliphatic carbocycles. The number of hydrogen-bond acceptors (Lipinski definition) is 1. The average molecular weight is 301 g/mol. The number of hydrogen-bond donors (Lipinski definition) is 0. The average Bonchev–Trinajstić information content (AvgIpc) is 2.38. The van der Waals surface area contributed by atoms with Crippen molar-refractivity contribution in [2.24, 2.45) is 5.92 Å². The molecule has 1 nitrogen and oxygen atoms in total. The second-order valence-electron chi connectivity index (χ2n) is 4.70. The third-order valence-corrected chi connectivity index (χ3v) is 3.97. The summed E-state index contributed by atoms with van der Waals surface area (Å²) < 4.78 is 18.9. The Kier molecular flexibility index (Phi) is 4.84. The first-order valence-electron chi connectivity index (χ1n) is 6.27. The lowest BCUT2D eigenvalue weighted by Crippen LogP contribution is -2.15. The summed E-state index contributed by atoms with van der Waals surface area (Å²) in [5.74, 6) is 1.29. The van der Waals surface area contributed by atoms with E-state index in [4.69, 9.17) is 4.74 Å². The summed E-state index contributed by atoms with van der Waals surface area (Å²) in [7, 11) is 0. The van der Waals surface area contributed by atoms with Crippen LogP contribution < -0.4 is 4.74 Å². The molecule has 2 rings (SSSR count). The predicted octanol–water partition coefficient (Wildman–Crippen LogP) is 4.68. The van der Waals surface area contributed by atoms with Crippen molar-refractivity contribution in [3.63, 3.8) is 0 Å². The second-order valence-corrected chi connectivity index (χ2v) is 5.26. The van der Waals surface area contributed by atoms with Gasteiger partial charge in [0.25, 0.3) is 0 Å². The molecule has 0 amide bonds. The van der Waals surface area contributed by atoms with Crippen LogP contribution in [0.4, 0.5) is 4.39 Å². The van der Waals surface area contributed by atoms with Crippen LogP contribution in [0.2, 0.25) is 0 Å². The maximum Gasteiger partial charge on any atom is 0.123 e. The molecule has 0 aromatic heterocycles. The molecule has 1 fully saturated rings. The van der Waals surface area contributed by atoms with E-state index in [9.17, 15) is 4.39 Å². The fraction of sp³-hybridized carbons (Fsp3) is 0.571. The summed E-state index contributed by atoms with van der Waals surface area (Å²) in [6.45, 7) is 0.769. The Balaban J connectivity index is 1.93. The van der Waals surface area contributed by atoms with E-state index >= 15 is 0 Å². The summed E-state index contributed by atoms with van der Waals surface area (Å²) in [6.07, 6.45) is 6.54. The van der Waals surface area contributed by atoms with Crippen molar-refractivity contribution in [1.82, 2.24) is 0 Å². The van der Waals surface area contributed by atoms with Crippen molar-refractivity contribution in [1.29, 1.82) is 0 Å². The Labute approximate surface area is 110 Å². The molecule has 0 aliphatic heterocycles. The lowest BCUT2D eigenvalue weighted by molar-refractivity contribution is 0.207. The SMILES string of the molecule is Fc1ccc(OCC2CCCCC2)c(CBr)c1. The molecule has 17 heavy (non-hydrogen) atoms. The zero-order valence-electron chi connectivity index (χ0n) is 9.92. The van der Waals surface area contributed by atoms with Gasteiger partial charge in [0, 0.05) is 10.9 Å². The highest BCUT2D eigenvalue weighted by Crippen LogP contribution is 2.27. The number of alkyl halides is 1. The van der Waals surface area contributed by atoms with Crippen molar-refractivity contribution in [3.05, 3.63) is 29.6 Å². The fourth-order valence-electron chi connectivity index (χ4n) is 2.35. The molecule has 0 spiro atoms. The van der Waals surface area contributed by atoms with Crippen molar-refractivity contribution in [2.75, 3.05) is 6.61 Å². The van der Waals surface area contributed by atoms with Gasteiger partial charge in [0.05, 0.1) is 6.61 Å². The number of rotatable bonds is 4. The van der Waals surface area contributed by atoms with E-state index in [0.717, 1.165) is 17.9 Å². The highest BCUT2D eigenvalue weighted by atomic mass is 79.9. The molecule has 1 aromatic rings. The topological polar surface area (TPSA) is 9.23 Å². The first kappa shape index (κ1) is 12.9. The summed E-state index contributed by atoms with van der Waals surface area (Å²) in [5, 5.41) is 0.630. The lowest BCUT2D eigenvalue weighted by atomic mass is 9.90. The van der Waals surface area contributed by atoms with Gasteiger partial charge in [0.1, 0.15) is 11.6 Å². The van der Waals surface area contributed by atoms with Crippen LogP contribution in [0.3, 0.4) is 0 Å². The summed E-state index contributed by atoms with van der Waals surface area (Å²) >= 11 is 3.36. The summed E-state index contributed by atoms with van der Waals surface area (Å²) in [6, 6.07) is 4.72. The first-order chi connectivity index (χ1) is 8.29. The van der Waals surface area contributed by atoms with Crippen LogP contribution in [0.5, 0.6) is 5.75 Å². The molecule has 0 heterocycles. The largest absolute Gasteiger partial charge is 0.493 e. The molecule has 1 saturated carbocycles. The minimum atomic E-state index is -0.204. The Morgan fingerprint density at radius 3 is 2.71 bits per heavy atom. The standard InChI is InChI=1S/C14H18BrFO/c15-9-12-8-13(16)6-7-14(12)17-10-11-4-2-1-3-5-11/h6-8,11H,1-5,9-10H2. The second kappa shape index (κ2) is 6.39. The van der Waals surface area contributed by atoms with Gasteiger partial charge in [-0.05, 0) is 37.0 Å². The number of benzene rings is 1. The van der Waals surface area contributed by atoms with Gasteiger partial charge < -0.3 is 4.74 Å². The van der Waals surface area contributed by atoms with E-state index < -0.39 is 0 Å². The number of halogens is 2. The van der Waals surface area contributed by atoms with Gasteiger partial charge >= 0.3 is 0 Å². The highest BCUT2D eigenvalue weighted by molar-refractivity contribution is 9.08. The molecular weight excluding hydrogens is 283 g/mol. The van der Waals surface area contributed by atoms with Gasteiger partial charge in [0.15, 0.2) is 0 Å². The quantitative estimate of drug-likeness (QED) is 0.734. The zero-order valence-corrected chi connectivity index (χ0v) is 11.5. The van der Waals surface area contributed by atoms with Crippen molar-refractivity contribution in [2.45, 2.75) is 37.4 Å². The molecule has 1 aliphatic rings. The smallest absolute Gasteiger partial charge is 0.123 e. The summed E-state index contributed by atoms with van der Waals surface area (Å²) in [4.78, 5) is 0. The van der Waals surface area contributed by atoms with Crippen molar-refractivity contribution >= 4 is 15.9 Å². The molecule has 1 aromatic carbocycles. The monoisotopic (exact) mass is 300 g/mol. The molecular formula is C14H18BrFO. The van der Waals surface area contributed by atoms with E-state index in [2.05, 4.69) is 15.9 Å². The van der Waals surface area contributed by atoms with Gasteiger partial charge in [-0.15, -0.1) is 0 Å². The Bertz CT molecular complexity index is 361. The minimum Gasteiger partial charge on any atom is -0.493 e. The van der Waals surface area contributed by atoms with E-state index in [1.807, 2.05) is 0 Å². The van der Waals surface area contributed by atoms with Crippen LogP contribution in [-0.2, 0) is 5.33 Å². The van der Waals surface area contributed by atoms with Crippen LogP contribution >= 0.6 is 15.9 Å². The fourth-order valence-corrected chi connectivity index (χ4v) is 2.79. The van der Waals surface area contributed by atoms with E-state index in [0.29, 0.717) is 11.2 Å². The zero-order chi connectivity index (χ0) is 12.1. The van der Waals surface area contributed by atoms with Gasteiger partial charge in [-0.1, -0.05) is 35.2 Å². The van der Waals surface area contributed by atoms with Gasteiger partial charge in [0.2, 0.25) is 0 Å². The predicted molar refractivity (Wildman–Crippen MR) is 71.1 cm³/mol. The Morgan fingerprint density at radius 2 is 2.00 bits per heavy atom. The molecule has 0 N–H and O–H groups in total. The Hall–Kier alpha value is -0.570. The molecule has 0 atom stereocenters. The highest BCUT2D eigenvalue weighted by Gasteiger charge is 2.14. The van der Waals surface area contributed by atoms with Crippen molar-refractivity contribution < 1.29 is 9.13 Å². The van der Waals surface area contributed by atoms with Crippen LogP contribution in [0.15, 0.2) is 18.2 Å². The van der Waals surface area contributed by atoms with Gasteiger partial charge in [-0.3, -0.25) is 0 Å². The summed E-state index contributed by atoms with van der Waals surface area (Å²) in [5.41, 5.74) is 0.890. The molecule has 0 radical (unpaired) electrons. The van der Waals surface area contributed by atoms with Crippen LogP contribution in [-0.4, -0.2) is 6.61 Å². The van der Waals surface area contributed by atoms with Crippen molar-refractivity contribution in [3.8, 4) is 5.75 Å². The molecule has 0 unspecified atom stereocenters.